The number of benzene rings is 1. The van der Waals surface area contributed by atoms with Crippen molar-refractivity contribution in [2.24, 2.45) is 11.1 Å². The van der Waals surface area contributed by atoms with Crippen molar-refractivity contribution in [2.45, 2.75) is 67.3 Å². The van der Waals surface area contributed by atoms with Crippen molar-refractivity contribution in [1.82, 2.24) is 22.6 Å². The summed E-state index contributed by atoms with van der Waals surface area (Å²) in [6.07, 6.45) is 9.54. The van der Waals surface area contributed by atoms with Crippen LogP contribution >= 0.6 is 46.2 Å². The highest BCUT2D eigenvalue weighted by Crippen LogP contribution is 2.42. The number of rotatable bonds is 5. The average Bonchev–Trinajstić information content (AvgIpc) is 3.46. The molecule has 3 fully saturated rings. The van der Waals surface area contributed by atoms with Crippen LogP contribution in [-0.4, -0.2) is 67.1 Å². The molecule has 3 saturated heterocycles. The number of fused-ring (bicyclic) bond motifs is 1. The molecule has 3 aromatic rings. The number of hydrogen-bond acceptors (Lipinski definition) is 9. The van der Waals surface area contributed by atoms with E-state index in [2.05, 4.69) is 52.8 Å². The van der Waals surface area contributed by atoms with Crippen LogP contribution in [0.15, 0.2) is 45.6 Å². The molecule has 0 saturated carbocycles. The molecule has 5 heterocycles. The standard InChI is InChI=1S/C26H31ClIN7O2S/c1-16-24(29)26(14-37-16)6-9-33(10-7-26)20-11-31-21(12-30-20)38-19-5-4-18-22(23(19)27)25(36)34(15-32-18)13-17-3-2-8-35(17)28/h4-5,11-12,15-17,24H,2-3,6-10,13-14,29H2,1H3/t16-,17?,24+/m0/s1. The molecule has 1 unspecified atom stereocenters. The molecule has 2 N–H and O–H groups in total. The van der Waals surface area contributed by atoms with Crippen LogP contribution in [0.4, 0.5) is 5.82 Å². The molecule has 12 heteroatoms. The third-order valence-electron chi connectivity index (χ3n) is 8.37. The molecule has 3 atom stereocenters. The van der Waals surface area contributed by atoms with Gasteiger partial charge in [0.05, 0.1) is 47.4 Å². The summed E-state index contributed by atoms with van der Waals surface area (Å²) >= 11 is 10.5. The molecule has 38 heavy (non-hydrogen) atoms. The lowest BCUT2D eigenvalue weighted by Crippen LogP contribution is -2.50. The maximum Gasteiger partial charge on any atom is 0.262 e. The molecular formula is C26H31ClIN7O2S. The molecule has 0 bridgehead atoms. The molecule has 1 aromatic carbocycles. The Morgan fingerprint density at radius 3 is 2.68 bits per heavy atom. The van der Waals surface area contributed by atoms with Crippen LogP contribution in [0.5, 0.6) is 0 Å². The Morgan fingerprint density at radius 1 is 1.21 bits per heavy atom. The van der Waals surface area contributed by atoms with E-state index >= 15 is 0 Å². The molecule has 1 spiro atoms. The van der Waals surface area contributed by atoms with Gasteiger partial charge in [0.15, 0.2) is 0 Å². The van der Waals surface area contributed by atoms with Crippen LogP contribution in [0.3, 0.4) is 0 Å². The van der Waals surface area contributed by atoms with Crippen LogP contribution in [0.2, 0.25) is 5.02 Å². The molecule has 3 aliphatic heterocycles. The van der Waals surface area contributed by atoms with Crippen molar-refractivity contribution < 1.29 is 4.74 Å². The van der Waals surface area contributed by atoms with Crippen molar-refractivity contribution in [3.8, 4) is 0 Å². The Morgan fingerprint density at radius 2 is 2.03 bits per heavy atom. The van der Waals surface area contributed by atoms with Crippen molar-refractivity contribution in [1.29, 1.82) is 0 Å². The van der Waals surface area contributed by atoms with Crippen LogP contribution in [0.1, 0.15) is 32.6 Å². The Hall–Kier alpha value is -1.51. The first kappa shape index (κ1) is 26.7. The van der Waals surface area contributed by atoms with Crippen LogP contribution in [0.25, 0.3) is 10.9 Å². The van der Waals surface area contributed by atoms with Gasteiger partial charge in [-0.25, -0.2) is 18.1 Å². The Kier molecular flexibility index (Phi) is 7.60. The van der Waals surface area contributed by atoms with Gasteiger partial charge in [-0.1, -0.05) is 23.4 Å². The molecule has 202 valence electrons. The molecule has 9 nitrogen and oxygen atoms in total. The fourth-order valence-electron chi connectivity index (χ4n) is 5.89. The number of aromatic nitrogens is 4. The lowest BCUT2D eigenvalue weighted by molar-refractivity contribution is 0.0974. The summed E-state index contributed by atoms with van der Waals surface area (Å²) < 4.78 is 9.80. The first-order chi connectivity index (χ1) is 18.3. The molecule has 2 aromatic heterocycles. The van der Waals surface area contributed by atoms with Gasteiger partial charge in [0, 0.05) is 71.4 Å². The highest BCUT2D eigenvalue weighted by Gasteiger charge is 2.47. The topological polar surface area (TPSA) is 102 Å². The highest BCUT2D eigenvalue weighted by atomic mass is 127. The Labute approximate surface area is 245 Å². The number of nitrogens with two attached hydrogens (primary N) is 1. The maximum atomic E-state index is 13.4. The Balaban J connectivity index is 1.17. The zero-order chi connectivity index (χ0) is 26.4. The minimum atomic E-state index is -0.106. The van der Waals surface area contributed by atoms with E-state index in [-0.39, 0.29) is 23.1 Å². The number of ether oxygens (including phenoxy) is 1. The first-order valence-electron chi connectivity index (χ1n) is 13.1. The summed E-state index contributed by atoms with van der Waals surface area (Å²) in [5, 5.41) is 1.58. The van der Waals surface area contributed by atoms with Crippen LogP contribution in [0, 0.1) is 5.41 Å². The van der Waals surface area contributed by atoms with E-state index in [1.54, 1.807) is 17.1 Å². The molecule has 0 amide bonds. The normalized spacial score (nSPS) is 25.6. The quantitative estimate of drug-likeness (QED) is 0.318. The predicted molar refractivity (Wildman–Crippen MR) is 158 cm³/mol. The van der Waals surface area contributed by atoms with E-state index in [1.807, 2.05) is 18.3 Å². The molecular weight excluding hydrogens is 637 g/mol. The second-order valence-electron chi connectivity index (χ2n) is 10.6. The summed E-state index contributed by atoms with van der Waals surface area (Å²) in [6, 6.07) is 4.15. The average molecular weight is 668 g/mol. The van der Waals surface area contributed by atoms with Crippen LogP contribution < -0.4 is 16.2 Å². The second-order valence-corrected chi connectivity index (χ2v) is 13.3. The molecule has 0 radical (unpaired) electrons. The SMILES string of the molecule is C[C@@H]1OCC2(CCN(c3cnc(Sc4ccc5ncn(CC6CCCN6I)c(=O)c5c4Cl)cn3)CC2)[C@@H]1N. The Bertz CT molecular complexity index is 1380. The molecule has 3 aliphatic rings. The van der Waals surface area contributed by atoms with Gasteiger partial charge in [-0.2, -0.15) is 0 Å². The van der Waals surface area contributed by atoms with Gasteiger partial charge < -0.3 is 15.4 Å². The summed E-state index contributed by atoms with van der Waals surface area (Å²) in [5.41, 5.74) is 7.03. The highest BCUT2D eigenvalue weighted by molar-refractivity contribution is 14.1. The van der Waals surface area contributed by atoms with Crippen LogP contribution in [-0.2, 0) is 11.3 Å². The minimum Gasteiger partial charge on any atom is -0.376 e. The second kappa shape index (κ2) is 10.8. The van der Waals surface area contributed by atoms with E-state index in [0.717, 1.165) is 67.7 Å². The van der Waals surface area contributed by atoms with E-state index < -0.39 is 0 Å². The largest absolute Gasteiger partial charge is 0.376 e. The number of nitrogens with zero attached hydrogens (tertiary/aromatic N) is 6. The van der Waals surface area contributed by atoms with E-state index in [1.165, 1.54) is 11.8 Å². The van der Waals surface area contributed by atoms with Crippen molar-refractivity contribution in [2.75, 3.05) is 31.1 Å². The van der Waals surface area contributed by atoms with E-state index in [4.69, 9.17) is 22.1 Å². The van der Waals surface area contributed by atoms with Gasteiger partial charge in [-0.3, -0.25) is 9.36 Å². The molecule has 6 rings (SSSR count). The van der Waals surface area contributed by atoms with Gasteiger partial charge in [-0.05, 0) is 44.7 Å². The summed E-state index contributed by atoms with van der Waals surface area (Å²) in [4.78, 5) is 30.2. The van der Waals surface area contributed by atoms with Gasteiger partial charge in [0.2, 0.25) is 0 Å². The monoisotopic (exact) mass is 667 g/mol. The van der Waals surface area contributed by atoms with Crippen molar-refractivity contribution in [3.05, 3.63) is 46.2 Å². The number of hydrogen-bond donors (Lipinski definition) is 1. The predicted octanol–water partition coefficient (Wildman–Crippen LogP) is 4.14. The van der Waals surface area contributed by atoms with E-state index in [9.17, 15) is 4.79 Å². The maximum absolute atomic E-state index is 13.4. The minimum absolute atomic E-state index is 0.0754. The fourth-order valence-corrected chi connectivity index (χ4v) is 7.81. The third kappa shape index (κ3) is 4.94. The van der Waals surface area contributed by atoms with Gasteiger partial charge in [0.1, 0.15) is 10.8 Å². The number of halogens is 2. The number of anilines is 1. The van der Waals surface area contributed by atoms with Gasteiger partial charge >= 0.3 is 0 Å². The number of piperidine rings is 1. The molecule has 0 aliphatic carbocycles. The third-order valence-corrected chi connectivity index (χ3v) is 11.1. The van der Waals surface area contributed by atoms with Gasteiger partial charge in [0.25, 0.3) is 5.56 Å². The van der Waals surface area contributed by atoms with E-state index in [0.29, 0.717) is 28.5 Å². The first-order valence-corrected chi connectivity index (χ1v) is 15.2. The lowest BCUT2D eigenvalue weighted by Gasteiger charge is -2.41. The summed E-state index contributed by atoms with van der Waals surface area (Å²) in [5.74, 6) is 0.859. The zero-order valence-electron chi connectivity index (χ0n) is 21.2. The van der Waals surface area contributed by atoms with Crippen molar-refractivity contribution in [3.63, 3.8) is 0 Å². The lowest BCUT2D eigenvalue weighted by atomic mass is 9.73. The van der Waals surface area contributed by atoms with Gasteiger partial charge in [-0.15, -0.1) is 0 Å². The summed E-state index contributed by atoms with van der Waals surface area (Å²) in [6.45, 7) is 6.24. The fraction of sp³-hybridized carbons (Fsp3) is 0.538. The summed E-state index contributed by atoms with van der Waals surface area (Å²) in [7, 11) is 0. The van der Waals surface area contributed by atoms with Crippen molar-refractivity contribution >= 4 is 62.9 Å². The smallest absolute Gasteiger partial charge is 0.262 e. The zero-order valence-corrected chi connectivity index (χ0v) is 25.0.